The first kappa shape index (κ1) is 13.8. The summed E-state index contributed by atoms with van der Waals surface area (Å²) in [4.78, 5) is 12.1. The van der Waals surface area contributed by atoms with Crippen molar-refractivity contribution in [1.29, 1.82) is 0 Å². The van der Waals surface area contributed by atoms with Gasteiger partial charge in [-0.2, -0.15) is 5.10 Å². The fraction of sp³-hybridized carbons (Fsp3) is 0.333. The van der Waals surface area contributed by atoms with Gasteiger partial charge in [-0.05, 0) is 31.4 Å². The van der Waals surface area contributed by atoms with Crippen LogP contribution in [-0.2, 0) is 4.79 Å². The number of nitrogens with one attached hydrogen (secondary N) is 1. The summed E-state index contributed by atoms with van der Waals surface area (Å²) in [6.07, 6.45) is 5.53. The van der Waals surface area contributed by atoms with Crippen LogP contribution < -0.4 is 11.1 Å². The first-order chi connectivity index (χ1) is 10.1. The number of para-hydroxylation sites is 1. The maximum atomic E-state index is 13.7. The van der Waals surface area contributed by atoms with Crippen molar-refractivity contribution in [2.45, 2.75) is 25.3 Å². The molecule has 3 rings (SSSR count). The molecule has 2 unspecified atom stereocenters. The number of amides is 1. The van der Waals surface area contributed by atoms with Crippen LogP contribution in [0.1, 0.15) is 19.3 Å². The zero-order chi connectivity index (χ0) is 14.8. The molecule has 0 radical (unpaired) electrons. The molecular weight excluding hydrogens is 271 g/mol. The van der Waals surface area contributed by atoms with Crippen molar-refractivity contribution in [2.75, 3.05) is 5.32 Å². The summed E-state index contributed by atoms with van der Waals surface area (Å²) < 4.78 is 15.1. The van der Waals surface area contributed by atoms with Gasteiger partial charge in [-0.1, -0.05) is 12.1 Å². The highest BCUT2D eigenvalue weighted by molar-refractivity contribution is 5.92. The van der Waals surface area contributed by atoms with Gasteiger partial charge in [0.2, 0.25) is 5.91 Å². The van der Waals surface area contributed by atoms with Crippen molar-refractivity contribution >= 4 is 11.6 Å². The minimum atomic E-state index is -0.361. The Kier molecular flexibility index (Phi) is 3.70. The van der Waals surface area contributed by atoms with Gasteiger partial charge >= 0.3 is 0 Å². The molecule has 1 aliphatic rings. The van der Waals surface area contributed by atoms with Crippen LogP contribution in [0, 0.1) is 11.7 Å². The van der Waals surface area contributed by atoms with Crippen molar-refractivity contribution in [2.24, 2.45) is 11.7 Å². The molecule has 1 saturated carbocycles. The van der Waals surface area contributed by atoms with E-state index in [0.717, 1.165) is 12.8 Å². The molecule has 1 aliphatic carbocycles. The Hall–Kier alpha value is -2.21. The summed E-state index contributed by atoms with van der Waals surface area (Å²) in [6.45, 7) is 0. The third-order valence-electron chi connectivity index (χ3n) is 3.79. The van der Waals surface area contributed by atoms with Crippen molar-refractivity contribution in [3.63, 3.8) is 0 Å². The number of halogens is 1. The first-order valence-corrected chi connectivity index (χ1v) is 6.99. The van der Waals surface area contributed by atoms with Gasteiger partial charge in [-0.25, -0.2) is 9.07 Å². The van der Waals surface area contributed by atoms with Gasteiger partial charge in [0, 0.05) is 12.0 Å². The number of hydrogen-bond donors (Lipinski definition) is 2. The molecule has 0 bridgehead atoms. The molecule has 2 atom stereocenters. The van der Waals surface area contributed by atoms with Gasteiger partial charge in [-0.15, -0.1) is 0 Å². The number of carbonyl (C=O) groups excluding carboxylic acids is 1. The highest BCUT2D eigenvalue weighted by Gasteiger charge is 2.27. The molecule has 21 heavy (non-hydrogen) atoms. The summed E-state index contributed by atoms with van der Waals surface area (Å²) in [6, 6.07) is 6.47. The molecule has 0 spiro atoms. The van der Waals surface area contributed by atoms with E-state index in [1.165, 1.54) is 16.9 Å². The van der Waals surface area contributed by atoms with Crippen LogP contribution in [0.25, 0.3) is 5.69 Å². The third kappa shape index (κ3) is 2.95. The van der Waals surface area contributed by atoms with Gasteiger partial charge in [0.15, 0.2) is 0 Å². The van der Waals surface area contributed by atoms with Gasteiger partial charge in [0.05, 0.1) is 18.1 Å². The smallest absolute Gasteiger partial charge is 0.227 e. The predicted molar refractivity (Wildman–Crippen MR) is 77.5 cm³/mol. The summed E-state index contributed by atoms with van der Waals surface area (Å²) in [5.41, 5.74) is 6.72. The molecule has 2 aromatic rings. The van der Waals surface area contributed by atoms with E-state index in [4.69, 9.17) is 5.73 Å². The zero-order valence-electron chi connectivity index (χ0n) is 11.5. The number of aromatic nitrogens is 2. The molecular formula is C15H17FN4O. The van der Waals surface area contributed by atoms with Crippen LogP contribution in [-0.4, -0.2) is 21.7 Å². The Morgan fingerprint density at radius 1 is 1.38 bits per heavy atom. The van der Waals surface area contributed by atoms with Crippen LogP contribution in [0.4, 0.5) is 10.1 Å². The molecule has 1 aromatic heterocycles. The Labute approximate surface area is 121 Å². The van der Waals surface area contributed by atoms with E-state index in [1.807, 2.05) is 0 Å². The van der Waals surface area contributed by atoms with Gasteiger partial charge in [0.25, 0.3) is 0 Å². The maximum absolute atomic E-state index is 13.7. The fourth-order valence-corrected chi connectivity index (χ4v) is 2.66. The summed E-state index contributed by atoms with van der Waals surface area (Å²) >= 11 is 0. The number of anilines is 1. The SMILES string of the molecule is NC1CCC(C(=O)Nc2cnn(-c3ccccc3F)c2)C1. The van der Waals surface area contributed by atoms with Crippen LogP contribution >= 0.6 is 0 Å². The molecule has 5 nitrogen and oxygen atoms in total. The van der Waals surface area contributed by atoms with Crippen LogP contribution in [0.3, 0.4) is 0 Å². The number of nitrogens with zero attached hydrogens (tertiary/aromatic N) is 2. The standard InChI is InChI=1S/C15H17FN4O/c16-13-3-1-2-4-14(13)20-9-12(8-18-20)19-15(21)10-5-6-11(17)7-10/h1-4,8-11H,5-7,17H2,(H,19,21). The molecule has 1 amide bonds. The molecule has 3 N–H and O–H groups in total. The van der Waals surface area contributed by atoms with E-state index in [-0.39, 0.29) is 23.7 Å². The Bertz CT molecular complexity index is 655. The lowest BCUT2D eigenvalue weighted by Gasteiger charge is -2.08. The van der Waals surface area contributed by atoms with E-state index in [1.54, 1.807) is 24.4 Å². The van der Waals surface area contributed by atoms with Crippen LogP contribution in [0.5, 0.6) is 0 Å². The van der Waals surface area contributed by atoms with Gasteiger partial charge in [0.1, 0.15) is 11.5 Å². The molecule has 0 saturated heterocycles. The monoisotopic (exact) mass is 288 g/mol. The van der Waals surface area contributed by atoms with Crippen molar-refractivity contribution in [3.8, 4) is 5.69 Å². The second-order valence-electron chi connectivity index (χ2n) is 5.38. The normalized spacial score (nSPS) is 21.4. The highest BCUT2D eigenvalue weighted by atomic mass is 19.1. The number of nitrogens with two attached hydrogens (primary N) is 1. The second-order valence-corrected chi connectivity index (χ2v) is 5.38. The second kappa shape index (κ2) is 5.65. The van der Waals surface area contributed by atoms with E-state index in [9.17, 15) is 9.18 Å². The van der Waals surface area contributed by atoms with Crippen LogP contribution in [0.2, 0.25) is 0 Å². The summed E-state index contributed by atoms with van der Waals surface area (Å²) in [5.74, 6) is -0.451. The minimum absolute atomic E-state index is 0.0446. The van der Waals surface area contributed by atoms with Crippen molar-refractivity contribution in [1.82, 2.24) is 9.78 Å². The lowest BCUT2D eigenvalue weighted by Crippen LogP contribution is -2.23. The van der Waals surface area contributed by atoms with Crippen molar-refractivity contribution in [3.05, 3.63) is 42.5 Å². The molecule has 1 fully saturated rings. The molecule has 110 valence electrons. The number of benzene rings is 1. The Morgan fingerprint density at radius 2 is 2.19 bits per heavy atom. The molecule has 1 heterocycles. The van der Waals surface area contributed by atoms with Crippen LogP contribution in [0.15, 0.2) is 36.7 Å². The quantitative estimate of drug-likeness (QED) is 0.908. The topological polar surface area (TPSA) is 72.9 Å². The first-order valence-electron chi connectivity index (χ1n) is 6.99. The lowest BCUT2D eigenvalue weighted by atomic mass is 10.1. The fourth-order valence-electron chi connectivity index (χ4n) is 2.66. The summed E-state index contributed by atoms with van der Waals surface area (Å²) in [5, 5.41) is 6.89. The lowest BCUT2D eigenvalue weighted by molar-refractivity contribution is -0.119. The average Bonchev–Trinajstić information content (AvgIpc) is 3.08. The minimum Gasteiger partial charge on any atom is -0.328 e. The Balaban J connectivity index is 1.71. The maximum Gasteiger partial charge on any atom is 0.227 e. The average molecular weight is 288 g/mol. The van der Waals surface area contributed by atoms with E-state index < -0.39 is 0 Å². The Morgan fingerprint density at radius 3 is 2.90 bits per heavy atom. The largest absolute Gasteiger partial charge is 0.328 e. The zero-order valence-corrected chi connectivity index (χ0v) is 11.5. The number of carbonyl (C=O) groups is 1. The number of hydrogen-bond acceptors (Lipinski definition) is 3. The number of rotatable bonds is 3. The molecule has 6 heteroatoms. The highest BCUT2D eigenvalue weighted by Crippen LogP contribution is 2.25. The van der Waals surface area contributed by atoms with E-state index in [2.05, 4.69) is 10.4 Å². The van der Waals surface area contributed by atoms with E-state index >= 15 is 0 Å². The summed E-state index contributed by atoms with van der Waals surface area (Å²) in [7, 11) is 0. The molecule has 0 aliphatic heterocycles. The van der Waals surface area contributed by atoms with Gasteiger partial charge < -0.3 is 11.1 Å². The predicted octanol–water partition coefficient (Wildman–Crippen LogP) is 2.08. The van der Waals surface area contributed by atoms with Crippen molar-refractivity contribution < 1.29 is 9.18 Å². The third-order valence-corrected chi connectivity index (χ3v) is 3.79. The van der Waals surface area contributed by atoms with E-state index in [0.29, 0.717) is 17.8 Å². The van der Waals surface area contributed by atoms with Gasteiger partial charge in [-0.3, -0.25) is 4.79 Å². The molecule has 1 aromatic carbocycles.